The minimum Gasteiger partial charge on any atom is -0.382 e. The molecule has 1 heterocycles. The molecule has 1 aromatic heterocycles. The summed E-state index contributed by atoms with van der Waals surface area (Å²) < 4.78 is 10.3. The number of hydrogen-bond donors (Lipinski definition) is 2. The van der Waals surface area contributed by atoms with Gasteiger partial charge in [-0.2, -0.15) is 15.0 Å². The summed E-state index contributed by atoms with van der Waals surface area (Å²) in [6.45, 7) is 5.31. The maximum absolute atomic E-state index is 5.38. The summed E-state index contributed by atoms with van der Waals surface area (Å²) >= 11 is 0. The van der Waals surface area contributed by atoms with E-state index in [2.05, 4.69) is 32.5 Å². The highest BCUT2D eigenvalue weighted by molar-refractivity contribution is 5.42. The summed E-state index contributed by atoms with van der Waals surface area (Å²) in [6.07, 6.45) is 1.01. The van der Waals surface area contributed by atoms with Crippen molar-refractivity contribution in [3.8, 4) is 0 Å². The smallest absolute Gasteiger partial charge is 0.231 e. The largest absolute Gasteiger partial charge is 0.382 e. The second-order valence-corrected chi connectivity index (χ2v) is 4.64. The Labute approximate surface area is 126 Å². The Bertz CT molecular complexity index is 402. The summed E-state index contributed by atoms with van der Waals surface area (Å²) in [5.41, 5.74) is 0. The molecule has 0 fully saturated rings. The SMILES string of the molecule is CCCNc1nc(NCCOCCOC)nc(N(C)C)n1. The predicted octanol–water partition coefficient (Wildman–Crippen LogP) is 0.834. The van der Waals surface area contributed by atoms with E-state index in [9.17, 15) is 0 Å². The van der Waals surface area contributed by atoms with Crippen molar-refractivity contribution >= 4 is 17.8 Å². The second-order valence-electron chi connectivity index (χ2n) is 4.64. The quantitative estimate of drug-likeness (QED) is 0.581. The zero-order valence-corrected chi connectivity index (χ0v) is 13.3. The van der Waals surface area contributed by atoms with Crippen LogP contribution < -0.4 is 15.5 Å². The summed E-state index contributed by atoms with van der Waals surface area (Å²) in [6, 6.07) is 0. The number of nitrogens with zero attached hydrogens (tertiary/aromatic N) is 4. The molecule has 21 heavy (non-hydrogen) atoms. The van der Waals surface area contributed by atoms with E-state index in [1.165, 1.54) is 0 Å². The van der Waals surface area contributed by atoms with E-state index in [0.717, 1.165) is 13.0 Å². The van der Waals surface area contributed by atoms with E-state index in [-0.39, 0.29) is 0 Å². The van der Waals surface area contributed by atoms with Gasteiger partial charge in [-0.05, 0) is 6.42 Å². The van der Waals surface area contributed by atoms with Gasteiger partial charge in [0.1, 0.15) is 0 Å². The monoisotopic (exact) mass is 298 g/mol. The summed E-state index contributed by atoms with van der Waals surface area (Å²) in [4.78, 5) is 14.9. The van der Waals surface area contributed by atoms with Crippen LogP contribution >= 0.6 is 0 Å². The molecule has 1 rings (SSSR count). The lowest BCUT2D eigenvalue weighted by Crippen LogP contribution is -2.19. The molecular weight excluding hydrogens is 272 g/mol. The van der Waals surface area contributed by atoms with Crippen molar-refractivity contribution in [2.75, 3.05) is 69.6 Å². The average Bonchev–Trinajstić information content (AvgIpc) is 2.48. The maximum atomic E-state index is 5.38. The van der Waals surface area contributed by atoms with Gasteiger partial charge in [-0.1, -0.05) is 6.92 Å². The van der Waals surface area contributed by atoms with Crippen LogP contribution in [-0.4, -0.2) is 69.1 Å². The molecule has 0 aliphatic carbocycles. The van der Waals surface area contributed by atoms with Gasteiger partial charge in [0.15, 0.2) is 0 Å². The van der Waals surface area contributed by atoms with Gasteiger partial charge in [-0.25, -0.2) is 0 Å². The summed E-state index contributed by atoms with van der Waals surface area (Å²) in [5, 5.41) is 6.31. The molecule has 0 radical (unpaired) electrons. The highest BCUT2D eigenvalue weighted by atomic mass is 16.5. The van der Waals surface area contributed by atoms with E-state index in [1.54, 1.807) is 7.11 Å². The second kappa shape index (κ2) is 10.1. The van der Waals surface area contributed by atoms with Gasteiger partial charge in [0.2, 0.25) is 17.8 Å². The Morgan fingerprint density at radius 3 is 2.19 bits per heavy atom. The number of hydrogen-bond acceptors (Lipinski definition) is 8. The average molecular weight is 298 g/mol. The molecule has 0 aliphatic rings. The van der Waals surface area contributed by atoms with Gasteiger partial charge in [0.25, 0.3) is 0 Å². The van der Waals surface area contributed by atoms with Gasteiger partial charge < -0.3 is 25.0 Å². The fraction of sp³-hybridized carbons (Fsp3) is 0.769. The van der Waals surface area contributed by atoms with Crippen molar-refractivity contribution in [3.05, 3.63) is 0 Å². The Morgan fingerprint density at radius 2 is 1.62 bits per heavy atom. The van der Waals surface area contributed by atoms with E-state index >= 15 is 0 Å². The third-order valence-electron chi connectivity index (χ3n) is 2.52. The van der Waals surface area contributed by atoms with E-state index in [0.29, 0.717) is 44.2 Å². The molecule has 0 bridgehead atoms. The first-order valence-corrected chi connectivity index (χ1v) is 7.15. The number of methoxy groups -OCH3 is 1. The summed E-state index contributed by atoms with van der Waals surface area (Å²) in [7, 11) is 5.45. The first-order chi connectivity index (χ1) is 10.2. The standard InChI is InChI=1S/C13H26N6O2/c1-5-6-14-11-16-12(18-13(17-11)19(2)3)15-7-8-21-10-9-20-4/h5-10H2,1-4H3,(H2,14,15,16,17,18). The molecule has 0 aliphatic heterocycles. The first-order valence-electron chi connectivity index (χ1n) is 7.15. The lowest BCUT2D eigenvalue weighted by atomic mass is 10.5. The molecule has 0 spiro atoms. The summed E-state index contributed by atoms with van der Waals surface area (Å²) in [5.74, 6) is 1.74. The lowest BCUT2D eigenvalue weighted by molar-refractivity contribution is 0.0759. The lowest BCUT2D eigenvalue weighted by Gasteiger charge is -2.14. The van der Waals surface area contributed by atoms with Crippen LogP contribution in [0.15, 0.2) is 0 Å². The third kappa shape index (κ3) is 7.05. The number of anilines is 3. The predicted molar refractivity (Wildman–Crippen MR) is 84.1 cm³/mol. The Morgan fingerprint density at radius 1 is 0.952 bits per heavy atom. The fourth-order valence-electron chi connectivity index (χ4n) is 1.44. The van der Waals surface area contributed by atoms with Crippen LogP contribution in [0.5, 0.6) is 0 Å². The number of ether oxygens (including phenoxy) is 2. The van der Waals surface area contributed by atoms with Gasteiger partial charge in [-0.15, -0.1) is 0 Å². The van der Waals surface area contributed by atoms with Crippen LogP contribution in [0.25, 0.3) is 0 Å². The van der Waals surface area contributed by atoms with Crippen LogP contribution in [0.4, 0.5) is 17.8 Å². The molecule has 0 aromatic carbocycles. The van der Waals surface area contributed by atoms with Gasteiger partial charge in [-0.3, -0.25) is 0 Å². The molecule has 0 unspecified atom stereocenters. The van der Waals surface area contributed by atoms with Gasteiger partial charge in [0.05, 0.1) is 19.8 Å². The molecule has 0 atom stereocenters. The van der Waals surface area contributed by atoms with Crippen molar-refractivity contribution < 1.29 is 9.47 Å². The zero-order valence-electron chi connectivity index (χ0n) is 13.3. The van der Waals surface area contributed by atoms with Crippen LogP contribution in [0.2, 0.25) is 0 Å². The van der Waals surface area contributed by atoms with Gasteiger partial charge >= 0.3 is 0 Å². The Hall–Kier alpha value is -1.67. The molecule has 120 valence electrons. The van der Waals surface area contributed by atoms with Crippen molar-refractivity contribution in [1.82, 2.24) is 15.0 Å². The van der Waals surface area contributed by atoms with Crippen LogP contribution in [-0.2, 0) is 9.47 Å². The number of rotatable bonds is 11. The third-order valence-corrected chi connectivity index (χ3v) is 2.52. The molecular formula is C13H26N6O2. The normalized spacial score (nSPS) is 10.5. The van der Waals surface area contributed by atoms with E-state index in [4.69, 9.17) is 9.47 Å². The molecule has 0 amide bonds. The van der Waals surface area contributed by atoms with Crippen LogP contribution in [0.3, 0.4) is 0 Å². The topological polar surface area (TPSA) is 84.4 Å². The maximum Gasteiger partial charge on any atom is 0.231 e. The minimum absolute atomic E-state index is 0.544. The van der Waals surface area contributed by atoms with Crippen LogP contribution in [0, 0.1) is 0 Å². The molecule has 0 saturated heterocycles. The fourth-order valence-corrected chi connectivity index (χ4v) is 1.44. The Balaban J connectivity index is 2.52. The molecule has 8 nitrogen and oxygen atoms in total. The number of nitrogens with one attached hydrogen (secondary N) is 2. The van der Waals surface area contributed by atoms with E-state index in [1.807, 2.05) is 19.0 Å². The highest BCUT2D eigenvalue weighted by Gasteiger charge is 2.07. The first kappa shape index (κ1) is 17.4. The Kier molecular flexibility index (Phi) is 8.37. The van der Waals surface area contributed by atoms with Crippen molar-refractivity contribution in [1.29, 1.82) is 0 Å². The number of aromatic nitrogens is 3. The molecule has 1 aromatic rings. The molecule has 8 heteroatoms. The highest BCUT2D eigenvalue weighted by Crippen LogP contribution is 2.11. The zero-order chi connectivity index (χ0) is 15.5. The van der Waals surface area contributed by atoms with Crippen LogP contribution in [0.1, 0.15) is 13.3 Å². The van der Waals surface area contributed by atoms with Crippen molar-refractivity contribution in [2.24, 2.45) is 0 Å². The van der Waals surface area contributed by atoms with Crippen molar-refractivity contribution in [2.45, 2.75) is 13.3 Å². The molecule has 0 saturated carbocycles. The van der Waals surface area contributed by atoms with E-state index < -0.39 is 0 Å². The van der Waals surface area contributed by atoms with Crippen molar-refractivity contribution in [3.63, 3.8) is 0 Å². The minimum atomic E-state index is 0.544. The van der Waals surface area contributed by atoms with Gasteiger partial charge in [0, 0.05) is 34.3 Å². The molecule has 2 N–H and O–H groups in total.